The van der Waals surface area contributed by atoms with Crippen LogP contribution in [-0.4, -0.2) is 33.7 Å². The number of quaternary nitrogens is 1. The summed E-state index contributed by atoms with van der Waals surface area (Å²) in [5.74, 6) is 0. The average Bonchev–Trinajstić information content (AvgIpc) is 2.10. The summed E-state index contributed by atoms with van der Waals surface area (Å²) in [7, 11) is 4.30. The summed E-state index contributed by atoms with van der Waals surface area (Å²) >= 11 is 0. The lowest BCUT2D eigenvalue weighted by Crippen LogP contribution is -2.49. The average molecular weight is 216 g/mol. The van der Waals surface area contributed by atoms with Gasteiger partial charge in [0.1, 0.15) is 0 Å². The van der Waals surface area contributed by atoms with Crippen molar-refractivity contribution in [3.05, 3.63) is 0 Å². The second-order valence-corrected chi connectivity index (χ2v) is 8.95. The maximum atomic E-state index is 2.46. The molecule has 0 atom stereocenters. The Hall–Kier alpha value is 0.177. The van der Waals surface area contributed by atoms with E-state index in [2.05, 4.69) is 34.1 Å². The second-order valence-electron chi connectivity index (χ2n) is 5.36. The third-order valence-corrected chi connectivity index (χ3v) is 6.54. The van der Waals surface area contributed by atoms with Crippen molar-refractivity contribution in [3.8, 4) is 0 Å². The summed E-state index contributed by atoms with van der Waals surface area (Å²) in [6.07, 6.45) is 8.57. The van der Waals surface area contributed by atoms with Crippen LogP contribution >= 0.6 is 0 Å². The predicted octanol–water partition coefficient (Wildman–Crippen LogP) is 3.41. The highest BCUT2D eigenvalue weighted by molar-refractivity contribution is 6.47. The maximum Gasteiger partial charge on any atom is 0.263 e. The van der Waals surface area contributed by atoms with Crippen molar-refractivity contribution < 1.29 is 4.15 Å². The molecule has 0 amide bonds. The predicted molar refractivity (Wildman–Crippen MR) is 69.2 cm³/mol. The van der Waals surface area contributed by atoms with Crippen molar-refractivity contribution in [1.29, 1.82) is 0 Å². The molecule has 0 spiro atoms. The summed E-state index contributed by atoms with van der Waals surface area (Å²) in [4.78, 5) is 0. The van der Waals surface area contributed by atoms with Crippen LogP contribution in [0.1, 0.15) is 45.4 Å². The van der Waals surface area contributed by atoms with Gasteiger partial charge in [0.2, 0.25) is 0 Å². The maximum absolute atomic E-state index is 2.46. The molecule has 14 heavy (non-hydrogen) atoms. The fraction of sp³-hybridized carbons (Fsp3) is 1.00. The SMILES string of the molecule is CCCCCCCC[N+](C)(C)[SiH](C)C. The number of rotatable bonds is 8. The molecule has 0 N–H and O–H groups in total. The molecule has 0 aromatic carbocycles. The third-order valence-electron chi connectivity index (χ3n) is 3.49. The van der Waals surface area contributed by atoms with Crippen molar-refractivity contribution in [2.24, 2.45) is 0 Å². The van der Waals surface area contributed by atoms with Crippen molar-refractivity contribution >= 4 is 8.96 Å². The van der Waals surface area contributed by atoms with Crippen molar-refractivity contribution in [2.75, 3.05) is 20.6 Å². The molecule has 0 bridgehead atoms. The zero-order valence-corrected chi connectivity index (χ0v) is 12.1. The molecule has 0 aliphatic rings. The van der Waals surface area contributed by atoms with Crippen LogP contribution in [0, 0.1) is 0 Å². The van der Waals surface area contributed by atoms with E-state index >= 15 is 0 Å². The van der Waals surface area contributed by atoms with Gasteiger partial charge in [-0.05, 0) is 25.9 Å². The van der Waals surface area contributed by atoms with Crippen LogP contribution in [0.2, 0.25) is 13.1 Å². The summed E-state index contributed by atoms with van der Waals surface area (Å²) in [6, 6.07) is 0. The van der Waals surface area contributed by atoms with Gasteiger partial charge in [0, 0.05) is 0 Å². The fourth-order valence-electron chi connectivity index (χ4n) is 1.56. The summed E-state index contributed by atoms with van der Waals surface area (Å²) < 4.78 is 1.31. The third kappa shape index (κ3) is 6.60. The number of hydrogen-bond donors (Lipinski definition) is 0. The van der Waals surface area contributed by atoms with Gasteiger partial charge in [-0.3, -0.25) is 0 Å². The first-order valence-corrected chi connectivity index (χ1v) is 9.16. The van der Waals surface area contributed by atoms with E-state index < -0.39 is 8.96 Å². The van der Waals surface area contributed by atoms with E-state index in [1.807, 2.05) is 0 Å². The first-order valence-electron chi connectivity index (χ1n) is 6.33. The standard InChI is InChI=1S/C12H30NSi/c1-6-7-8-9-10-11-12-13(2,3)14(4)5/h14H,6-12H2,1-5H3/q+1. The molecule has 1 nitrogen and oxygen atoms in total. The Balaban J connectivity index is 3.35. The van der Waals surface area contributed by atoms with Crippen LogP contribution in [0.5, 0.6) is 0 Å². The summed E-state index contributed by atoms with van der Waals surface area (Å²) in [6.45, 7) is 8.59. The van der Waals surface area contributed by atoms with Crippen molar-refractivity contribution in [2.45, 2.75) is 58.5 Å². The molecular formula is C12H30NSi+. The van der Waals surface area contributed by atoms with Gasteiger partial charge in [0.25, 0.3) is 8.96 Å². The smallest absolute Gasteiger partial charge is 0.263 e. The lowest BCUT2D eigenvalue weighted by atomic mass is 10.1. The van der Waals surface area contributed by atoms with Crippen LogP contribution in [0.4, 0.5) is 0 Å². The van der Waals surface area contributed by atoms with Gasteiger partial charge in [-0.25, -0.2) is 0 Å². The Morgan fingerprint density at radius 1 is 0.857 bits per heavy atom. The van der Waals surface area contributed by atoms with Crippen LogP contribution in [0.15, 0.2) is 0 Å². The van der Waals surface area contributed by atoms with Crippen molar-refractivity contribution in [3.63, 3.8) is 0 Å². The Morgan fingerprint density at radius 2 is 1.36 bits per heavy atom. The highest BCUT2D eigenvalue weighted by Gasteiger charge is 2.20. The number of nitrogens with zero attached hydrogens (tertiary/aromatic N) is 1. The molecule has 0 unspecified atom stereocenters. The fourth-order valence-corrected chi connectivity index (χ4v) is 2.26. The van der Waals surface area contributed by atoms with Crippen molar-refractivity contribution in [1.82, 2.24) is 0 Å². The molecule has 0 saturated carbocycles. The molecule has 0 saturated heterocycles. The molecule has 0 radical (unpaired) electrons. The van der Waals surface area contributed by atoms with Crippen LogP contribution in [0.3, 0.4) is 0 Å². The first-order chi connectivity index (χ1) is 6.50. The molecular weight excluding hydrogens is 186 g/mol. The van der Waals surface area contributed by atoms with E-state index in [0.29, 0.717) is 0 Å². The number of unbranched alkanes of at least 4 members (excludes halogenated alkanes) is 5. The van der Waals surface area contributed by atoms with E-state index in [0.717, 1.165) is 0 Å². The van der Waals surface area contributed by atoms with Gasteiger partial charge < -0.3 is 4.15 Å². The zero-order chi connectivity index (χ0) is 11.0. The highest BCUT2D eigenvalue weighted by Crippen LogP contribution is 2.09. The normalized spacial score (nSPS) is 12.4. The molecule has 2 heteroatoms. The van der Waals surface area contributed by atoms with Gasteiger partial charge in [-0.2, -0.15) is 0 Å². The topological polar surface area (TPSA) is 0 Å². The molecule has 86 valence electrons. The lowest BCUT2D eigenvalue weighted by molar-refractivity contribution is -0.784. The van der Waals surface area contributed by atoms with Gasteiger partial charge >= 0.3 is 0 Å². The monoisotopic (exact) mass is 216 g/mol. The molecule has 0 fully saturated rings. The van der Waals surface area contributed by atoms with E-state index in [9.17, 15) is 0 Å². The minimum absolute atomic E-state index is 0.507. The van der Waals surface area contributed by atoms with Gasteiger partial charge in [0.05, 0.1) is 20.6 Å². The van der Waals surface area contributed by atoms with E-state index in [1.165, 1.54) is 49.2 Å². The molecule has 0 aromatic rings. The van der Waals surface area contributed by atoms with Gasteiger partial charge in [-0.15, -0.1) is 0 Å². The van der Waals surface area contributed by atoms with Gasteiger partial charge in [0.15, 0.2) is 0 Å². The Labute approximate surface area is 92.8 Å². The quantitative estimate of drug-likeness (QED) is 0.431. The van der Waals surface area contributed by atoms with Crippen LogP contribution in [-0.2, 0) is 0 Å². The van der Waals surface area contributed by atoms with E-state index in [4.69, 9.17) is 0 Å². The molecule has 0 heterocycles. The molecule has 0 aliphatic carbocycles. The zero-order valence-electron chi connectivity index (χ0n) is 11.0. The summed E-state index contributed by atoms with van der Waals surface area (Å²) in [5.41, 5.74) is 0. The van der Waals surface area contributed by atoms with E-state index in [1.54, 1.807) is 0 Å². The second kappa shape index (κ2) is 7.47. The molecule has 0 aliphatic heterocycles. The Morgan fingerprint density at radius 3 is 1.86 bits per heavy atom. The molecule has 0 aromatic heterocycles. The lowest BCUT2D eigenvalue weighted by Gasteiger charge is -2.34. The Bertz CT molecular complexity index is 132. The largest absolute Gasteiger partial charge is 0.391 e. The minimum atomic E-state index is -0.507. The number of hydrogen-bond acceptors (Lipinski definition) is 0. The van der Waals surface area contributed by atoms with Crippen LogP contribution < -0.4 is 0 Å². The minimum Gasteiger partial charge on any atom is -0.391 e. The van der Waals surface area contributed by atoms with E-state index in [-0.39, 0.29) is 0 Å². The van der Waals surface area contributed by atoms with Crippen LogP contribution in [0.25, 0.3) is 0 Å². The highest BCUT2D eigenvalue weighted by atomic mass is 28.3. The summed E-state index contributed by atoms with van der Waals surface area (Å²) in [5, 5.41) is 0. The Kier molecular flexibility index (Phi) is 7.56. The molecule has 0 rings (SSSR count). The first kappa shape index (κ1) is 14.2. The van der Waals surface area contributed by atoms with Gasteiger partial charge in [-0.1, -0.05) is 32.6 Å².